The number of hydrogen-bond donors (Lipinski definition) is 0. The van der Waals surface area contributed by atoms with E-state index in [0.717, 1.165) is 6.07 Å². The molecule has 1 heterocycles. The highest BCUT2D eigenvalue weighted by Crippen LogP contribution is 2.22. The van der Waals surface area contributed by atoms with Crippen LogP contribution in [0.2, 0.25) is 5.02 Å². The van der Waals surface area contributed by atoms with E-state index >= 15 is 0 Å². The SMILES string of the molecule is O=C1OC(c2cccc(Cl)c2)=NC1=Cc1ccc(OC(=O)c2cccc([N+](=O)[O-])c2)cc1. The molecule has 1 aliphatic heterocycles. The molecule has 3 aromatic carbocycles. The lowest BCUT2D eigenvalue weighted by molar-refractivity contribution is -0.384. The van der Waals surface area contributed by atoms with Gasteiger partial charge in [0.25, 0.3) is 5.69 Å². The summed E-state index contributed by atoms with van der Waals surface area (Å²) in [6.07, 6.45) is 1.53. The Balaban J connectivity index is 1.48. The number of hydrogen-bond acceptors (Lipinski definition) is 7. The van der Waals surface area contributed by atoms with Crippen LogP contribution >= 0.6 is 11.6 Å². The Morgan fingerprint density at radius 1 is 1.06 bits per heavy atom. The van der Waals surface area contributed by atoms with Gasteiger partial charge in [-0.3, -0.25) is 10.1 Å². The molecule has 32 heavy (non-hydrogen) atoms. The van der Waals surface area contributed by atoms with E-state index in [-0.39, 0.29) is 28.6 Å². The second kappa shape index (κ2) is 8.83. The summed E-state index contributed by atoms with van der Waals surface area (Å²) in [5.74, 6) is -0.928. The number of carbonyl (C=O) groups is 2. The predicted octanol–water partition coefficient (Wildman–Crippen LogP) is 4.81. The van der Waals surface area contributed by atoms with E-state index in [1.807, 2.05) is 0 Å². The molecule has 0 aliphatic carbocycles. The number of carbonyl (C=O) groups excluding carboxylic acids is 2. The zero-order chi connectivity index (χ0) is 22.7. The van der Waals surface area contributed by atoms with Crippen LogP contribution in [0.3, 0.4) is 0 Å². The molecule has 158 valence electrons. The highest BCUT2D eigenvalue weighted by atomic mass is 35.5. The lowest BCUT2D eigenvalue weighted by atomic mass is 10.2. The summed E-state index contributed by atoms with van der Waals surface area (Å²) in [7, 11) is 0. The van der Waals surface area contributed by atoms with Crippen molar-refractivity contribution in [2.45, 2.75) is 0 Å². The minimum atomic E-state index is -0.727. The number of nitro groups is 1. The van der Waals surface area contributed by atoms with E-state index < -0.39 is 16.9 Å². The van der Waals surface area contributed by atoms with Crippen LogP contribution in [0.4, 0.5) is 5.69 Å². The van der Waals surface area contributed by atoms with Gasteiger partial charge in [-0.2, -0.15) is 0 Å². The first-order valence-electron chi connectivity index (χ1n) is 9.24. The molecule has 1 aliphatic rings. The van der Waals surface area contributed by atoms with Gasteiger partial charge in [0.15, 0.2) is 5.70 Å². The van der Waals surface area contributed by atoms with Crippen molar-refractivity contribution >= 4 is 41.2 Å². The van der Waals surface area contributed by atoms with E-state index in [1.54, 1.807) is 36.4 Å². The zero-order valence-electron chi connectivity index (χ0n) is 16.2. The second-order valence-corrected chi connectivity index (χ2v) is 7.05. The molecule has 0 unspecified atom stereocenters. The quantitative estimate of drug-likeness (QED) is 0.182. The summed E-state index contributed by atoms with van der Waals surface area (Å²) in [5.41, 5.74) is 1.17. The van der Waals surface area contributed by atoms with Crippen LogP contribution in [0.25, 0.3) is 6.08 Å². The van der Waals surface area contributed by atoms with E-state index in [0.29, 0.717) is 16.1 Å². The van der Waals surface area contributed by atoms with Crippen LogP contribution in [0, 0.1) is 10.1 Å². The van der Waals surface area contributed by atoms with Gasteiger partial charge in [0.05, 0.1) is 10.5 Å². The second-order valence-electron chi connectivity index (χ2n) is 6.61. The fourth-order valence-corrected chi connectivity index (χ4v) is 3.05. The van der Waals surface area contributed by atoms with Crippen LogP contribution in [-0.2, 0) is 9.53 Å². The lowest BCUT2D eigenvalue weighted by Crippen LogP contribution is -2.08. The summed E-state index contributed by atoms with van der Waals surface area (Å²) >= 11 is 5.96. The molecule has 0 aromatic heterocycles. The van der Waals surface area contributed by atoms with Crippen molar-refractivity contribution in [1.29, 1.82) is 0 Å². The number of benzene rings is 3. The van der Waals surface area contributed by atoms with Crippen molar-refractivity contribution in [1.82, 2.24) is 0 Å². The van der Waals surface area contributed by atoms with Crippen LogP contribution in [0.15, 0.2) is 83.5 Å². The summed E-state index contributed by atoms with van der Waals surface area (Å²) < 4.78 is 10.5. The van der Waals surface area contributed by atoms with Gasteiger partial charge < -0.3 is 9.47 Å². The molecule has 0 radical (unpaired) electrons. The molecule has 0 amide bonds. The van der Waals surface area contributed by atoms with Gasteiger partial charge in [0.2, 0.25) is 5.90 Å². The molecular weight excluding hydrogens is 436 g/mol. The van der Waals surface area contributed by atoms with Gasteiger partial charge in [0.1, 0.15) is 5.75 Å². The molecular formula is C23H13ClN2O6. The largest absolute Gasteiger partial charge is 0.423 e. The molecule has 0 bridgehead atoms. The number of ether oxygens (including phenoxy) is 2. The van der Waals surface area contributed by atoms with Crippen molar-refractivity contribution in [2.24, 2.45) is 4.99 Å². The first kappa shape index (κ1) is 21.0. The topological polar surface area (TPSA) is 108 Å². The Bertz CT molecular complexity index is 1300. The minimum absolute atomic E-state index is 0.0574. The Morgan fingerprint density at radius 2 is 1.81 bits per heavy atom. The normalized spacial score (nSPS) is 14.1. The van der Waals surface area contributed by atoms with E-state index in [2.05, 4.69) is 4.99 Å². The molecule has 0 saturated carbocycles. The molecule has 0 atom stereocenters. The summed E-state index contributed by atoms with van der Waals surface area (Å²) in [5, 5.41) is 11.3. The van der Waals surface area contributed by atoms with Crippen molar-refractivity contribution < 1.29 is 24.0 Å². The van der Waals surface area contributed by atoms with Crippen molar-refractivity contribution in [3.05, 3.63) is 110 Å². The number of nitro benzene ring substituents is 1. The molecule has 0 saturated heterocycles. The fourth-order valence-electron chi connectivity index (χ4n) is 2.86. The first-order valence-corrected chi connectivity index (χ1v) is 9.62. The van der Waals surface area contributed by atoms with Crippen molar-refractivity contribution in [3.8, 4) is 5.75 Å². The Hall–Kier alpha value is -4.30. The number of aliphatic imine (C=N–C) groups is 1. The van der Waals surface area contributed by atoms with Gasteiger partial charge in [-0.05, 0) is 48.0 Å². The summed E-state index contributed by atoms with van der Waals surface area (Å²) in [4.78, 5) is 38.9. The Kier molecular flexibility index (Phi) is 5.78. The molecule has 8 nitrogen and oxygen atoms in total. The van der Waals surface area contributed by atoms with Gasteiger partial charge in [0, 0.05) is 22.7 Å². The maximum Gasteiger partial charge on any atom is 0.363 e. The van der Waals surface area contributed by atoms with Crippen molar-refractivity contribution in [3.63, 3.8) is 0 Å². The van der Waals surface area contributed by atoms with Gasteiger partial charge in [-0.15, -0.1) is 0 Å². The number of rotatable bonds is 5. The summed E-state index contributed by atoms with van der Waals surface area (Å²) in [6, 6.07) is 18.4. The van der Waals surface area contributed by atoms with Crippen LogP contribution in [-0.4, -0.2) is 22.8 Å². The first-order chi connectivity index (χ1) is 15.4. The monoisotopic (exact) mass is 448 g/mol. The van der Waals surface area contributed by atoms with Crippen LogP contribution in [0.1, 0.15) is 21.5 Å². The molecule has 4 rings (SSSR count). The number of nitrogens with zero attached hydrogens (tertiary/aromatic N) is 2. The standard InChI is InChI=1S/C23H13ClN2O6/c24-17-5-1-3-15(12-17)21-25-20(23(28)32-21)11-14-7-9-19(10-8-14)31-22(27)16-4-2-6-18(13-16)26(29)30/h1-13H. The maximum absolute atomic E-state index is 12.2. The molecule has 0 N–H and O–H groups in total. The number of non-ortho nitro benzene ring substituents is 1. The average molecular weight is 449 g/mol. The number of halogens is 1. The lowest BCUT2D eigenvalue weighted by Gasteiger charge is -2.04. The fraction of sp³-hybridized carbons (Fsp3) is 0. The molecule has 0 fully saturated rings. The van der Waals surface area contributed by atoms with E-state index in [9.17, 15) is 19.7 Å². The van der Waals surface area contributed by atoms with E-state index in [4.69, 9.17) is 21.1 Å². The van der Waals surface area contributed by atoms with Crippen molar-refractivity contribution in [2.75, 3.05) is 0 Å². The average Bonchev–Trinajstić information content (AvgIpc) is 3.15. The summed E-state index contributed by atoms with van der Waals surface area (Å²) in [6.45, 7) is 0. The highest BCUT2D eigenvalue weighted by Gasteiger charge is 2.24. The van der Waals surface area contributed by atoms with E-state index in [1.165, 1.54) is 36.4 Å². The molecule has 9 heteroatoms. The van der Waals surface area contributed by atoms with Crippen LogP contribution in [0.5, 0.6) is 5.75 Å². The third-order valence-corrected chi connectivity index (χ3v) is 4.61. The zero-order valence-corrected chi connectivity index (χ0v) is 17.0. The molecule has 3 aromatic rings. The predicted molar refractivity (Wildman–Crippen MR) is 117 cm³/mol. The third-order valence-electron chi connectivity index (χ3n) is 4.38. The smallest absolute Gasteiger partial charge is 0.363 e. The minimum Gasteiger partial charge on any atom is -0.423 e. The molecule has 0 spiro atoms. The van der Waals surface area contributed by atoms with Crippen LogP contribution < -0.4 is 4.74 Å². The van der Waals surface area contributed by atoms with Gasteiger partial charge in [-0.25, -0.2) is 14.6 Å². The maximum atomic E-state index is 12.2. The number of esters is 2. The Morgan fingerprint density at radius 3 is 2.53 bits per heavy atom. The highest BCUT2D eigenvalue weighted by molar-refractivity contribution is 6.31. The Labute approximate surface area is 186 Å². The van der Waals surface area contributed by atoms with Gasteiger partial charge >= 0.3 is 11.9 Å². The van der Waals surface area contributed by atoms with Gasteiger partial charge in [-0.1, -0.05) is 35.9 Å². The number of cyclic esters (lactones) is 1. The third kappa shape index (κ3) is 4.71.